The second-order valence-electron chi connectivity index (χ2n) is 11.2. The average molecular weight is 557 g/mol. The van der Waals surface area contributed by atoms with Crippen molar-refractivity contribution in [2.24, 2.45) is 0 Å². The highest BCUT2D eigenvalue weighted by atomic mass is 16.6. The van der Waals surface area contributed by atoms with Crippen molar-refractivity contribution >= 4 is 24.1 Å². The molecule has 2 aromatic rings. The molecular weight excluding hydrogens is 516 g/mol. The zero-order valence-corrected chi connectivity index (χ0v) is 24.5. The van der Waals surface area contributed by atoms with Crippen LogP contribution in [0.4, 0.5) is 9.59 Å². The molecule has 0 radical (unpaired) electrons. The number of ether oxygens (including phenoxy) is 4. The molecule has 2 atom stereocenters. The van der Waals surface area contributed by atoms with Gasteiger partial charge in [0.05, 0.1) is 39.1 Å². The van der Waals surface area contributed by atoms with E-state index in [-0.39, 0.29) is 12.8 Å². The van der Waals surface area contributed by atoms with Crippen LogP contribution in [0.3, 0.4) is 0 Å². The molecule has 0 aromatic heterocycles. The van der Waals surface area contributed by atoms with Crippen molar-refractivity contribution in [3.63, 3.8) is 0 Å². The Labute approximate surface area is 235 Å². The Morgan fingerprint density at radius 1 is 0.600 bits per heavy atom. The quantitative estimate of drug-likeness (QED) is 0.301. The maximum absolute atomic E-state index is 12.4. The second kappa shape index (κ2) is 13.8. The van der Waals surface area contributed by atoms with Crippen LogP contribution in [0.1, 0.15) is 77.6 Å². The molecule has 0 bridgehead atoms. The summed E-state index contributed by atoms with van der Waals surface area (Å²) in [5, 5.41) is 5.48. The summed E-state index contributed by atoms with van der Waals surface area (Å²) in [6.07, 6.45) is -1.39. The van der Waals surface area contributed by atoms with Crippen LogP contribution in [0.25, 0.3) is 11.1 Å². The topological polar surface area (TPSA) is 129 Å². The van der Waals surface area contributed by atoms with Crippen LogP contribution >= 0.6 is 0 Å². The van der Waals surface area contributed by atoms with Crippen molar-refractivity contribution in [3.8, 4) is 11.1 Å². The van der Waals surface area contributed by atoms with Gasteiger partial charge in [0.25, 0.3) is 0 Å². The average Bonchev–Trinajstić information content (AvgIpc) is 2.85. The summed E-state index contributed by atoms with van der Waals surface area (Å²) in [5.74, 6) is -0.940. The molecule has 0 unspecified atom stereocenters. The minimum absolute atomic E-state index is 0.0595. The molecule has 2 N–H and O–H groups in total. The molecule has 10 nitrogen and oxygen atoms in total. The molecule has 10 heteroatoms. The first-order valence-corrected chi connectivity index (χ1v) is 12.9. The summed E-state index contributed by atoms with van der Waals surface area (Å²) in [5.41, 5.74) is 1.80. The molecule has 0 saturated heterocycles. The van der Waals surface area contributed by atoms with E-state index in [0.717, 1.165) is 11.1 Å². The summed E-state index contributed by atoms with van der Waals surface area (Å²) < 4.78 is 20.3. The van der Waals surface area contributed by atoms with Gasteiger partial charge in [0.15, 0.2) is 0 Å². The fourth-order valence-electron chi connectivity index (χ4n) is 3.72. The van der Waals surface area contributed by atoms with Gasteiger partial charge in [-0.15, -0.1) is 0 Å². The number of amides is 2. The molecule has 2 rings (SSSR count). The van der Waals surface area contributed by atoms with Crippen molar-refractivity contribution in [1.29, 1.82) is 0 Å². The summed E-state index contributed by atoms with van der Waals surface area (Å²) in [4.78, 5) is 48.7. The molecule has 0 heterocycles. The van der Waals surface area contributed by atoms with Gasteiger partial charge in [0.1, 0.15) is 11.2 Å². The Morgan fingerprint density at radius 3 is 1.15 bits per heavy atom. The third kappa shape index (κ3) is 11.0. The predicted molar refractivity (Wildman–Crippen MR) is 149 cm³/mol. The Balaban J connectivity index is 2.23. The van der Waals surface area contributed by atoms with Crippen LogP contribution in [-0.4, -0.2) is 49.5 Å². The third-order valence-corrected chi connectivity index (χ3v) is 5.54. The van der Waals surface area contributed by atoms with Crippen LogP contribution in [0.15, 0.2) is 48.5 Å². The van der Waals surface area contributed by atoms with Gasteiger partial charge in [-0.25, -0.2) is 9.59 Å². The van der Waals surface area contributed by atoms with Crippen LogP contribution in [0, 0.1) is 0 Å². The minimum atomic E-state index is -0.686. The van der Waals surface area contributed by atoms with Crippen molar-refractivity contribution in [2.45, 2.75) is 77.7 Å². The van der Waals surface area contributed by atoms with E-state index in [0.29, 0.717) is 11.1 Å². The van der Waals surface area contributed by atoms with E-state index in [1.165, 1.54) is 14.2 Å². The maximum Gasteiger partial charge on any atom is 0.408 e. The second-order valence-corrected chi connectivity index (χ2v) is 11.2. The molecule has 2 aromatic carbocycles. The Hall–Kier alpha value is -4.08. The molecule has 40 heavy (non-hydrogen) atoms. The molecule has 0 aliphatic carbocycles. The SMILES string of the molecule is COC(=O)C[C@@H](NC(=O)OC(C)(C)C)c1ccc(-c2ccc([C@@H](CC(=O)OC)NC(=O)OC(C)(C)C)cc2)cc1. The normalized spacial score (nSPS) is 12.9. The highest BCUT2D eigenvalue weighted by Crippen LogP contribution is 2.27. The lowest BCUT2D eigenvalue weighted by Crippen LogP contribution is -2.36. The first-order valence-electron chi connectivity index (χ1n) is 12.9. The molecule has 0 aliphatic heterocycles. The largest absolute Gasteiger partial charge is 0.469 e. The zero-order valence-electron chi connectivity index (χ0n) is 24.5. The van der Waals surface area contributed by atoms with Gasteiger partial charge in [-0.3, -0.25) is 9.59 Å². The highest BCUT2D eigenvalue weighted by Gasteiger charge is 2.24. The summed E-state index contributed by atoms with van der Waals surface area (Å²) >= 11 is 0. The van der Waals surface area contributed by atoms with Gasteiger partial charge in [-0.05, 0) is 63.8 Å². The summed E-state index contributed by atoms with van der Waals surface area (Å²) in [6, 6.07) is 13.5. The number of carbonyl (C=O) groups excluding carboxylic acids is 4. The lowest BCUT2D eigenvalue weighted by molar-refractivity contribution is -0.142. The number of hydrogen-bond donors (Lipinski definition) is 2. The van der Waals surface area contributed by atoms with Crippen LogP contribution < -0.4 is 10.6 Å². The Bertz CT molecular complexity index is 1070. The zero-order chi connectivity index (χ0) is 30.1. The fourth-order valence-corrected chi connectivity index (χ4v) is 3.72. The molecule has 0 fully saturated rings. The fraction of sp³-hybridized carbons (Fsp3) is 0.467. The summed E-state index contributed by atoms with van der Waals surface area (Å²) in [6.45, 7) is 10.5. The molecule has 0 aliphatic rings. The Morgan fingerprint density at radius 2 is 0.900 bits per heavy atom. The van der Waals surface area contributed by atoms with Gasteiger partial charge in [0, 0.05) is 0 Å². The monoisotopic (exact) mass is 556 g/mol. The van der Waals surface area contributed by atoms with E-state index in [9.17, 15) is 19.2 Å². The smallest absolute Gasteiger partial charge is 0.408 e. The van der Waals surface area contributed by atoms with E-state index in [2.05, 4.69) is 10.6 Å². The van der Waals surface area contributed by atoms with Gasteiger partial charge in [-0.1, -0.05) is 48.5 Å². The molecule has 0 spiro atoms. The number of nitrogens with one attached hydrogen (secondary N) is 2. The number of methoxy groups -OCH3 is 2. The van der Waals surface area contributed by atoms with E-state index in [1.54, 1.807) is 41.5 Å². The van der Waals surface area contributed by atoms with Crippen LogP contribution in [0.2, 0.25) is 0 Å². The third-order valence-electron chi connectivity index (χ3n) is 5.54. The predicted octanol–water partition coefficient (Wildman–Crippen LogP) is 5.61. The van der Waals surface area contributed by atoms with E-state index >= 15 is 0 Å². The van der Waals surface area contributed by atoms with Crippen molar-refractivity contribution in [3.05, 3.63) is 59.7 Å². The van der Waals surface area contributed by atoms with Gasteiger partial charge in [0.2, 0.25) is 0 Å². The number of rotatable bonds is 9. The first-order chi connectivity index (χ1) is 18.6. The minimum Gasteiger partial charge on any atom is -0.469 e. The number of carbonyl (C=O) groups is 4. The molecular formula is C30H40N2O8. The molecule has 218 valence electrons. The van der Waals surface area contributed by atoms with Crippen molar-refractivity contribution in [2.75, 3.05) is 14.2 Å². The van der Waals surface area contributed by atoms with Crippen LogP contribution in [0.5, 0.6) is 0 Å². The van der Waals surface area contributed by atoms with Crippen molar-refractivity contribution < 1.29 is 38.1 Å². The standard InChI is InChI=1S/C30H40N2O8/c1-29(2,3)39-27(35)31-23(17-25(33)37-7)21-13-9-19(10-14-21)20-11-15-22(16-12-20)24(18-26(34)38-8)32-28(36)40-30(4,5)6/h9-16,23-24H,17-18H2,1-8H3,(H,31,35)(H,32,36)/t23-,24-/m1/s1. The number of alkyl carbamates (subject to hydrolysis) is 2. The number of hydrogen-bond acceptors (Lipinski definition) is 8. The number of esters is 2. The van der Waals surface area contributed by atoms with Gasteiger partial charge in [-0.2, -0.15) is 0 Å². The van der Waals surface area contributed by atoms with Gasteiger partial charge >= 0.3 is 24.1 Å². The lowest BCUT2D eigenvalue weighted by atomic mass is 9.97. The van der Waals surface area contributed by atoms with Crippen molar-refractivity contribution in [1.82, 2.24) is 10.6 Å². The van der Waals surface area contributed by atoms with E-state index in [4.69, 9.17) is 18.9 Å². The molecule has 2 amide bonds. The maximum atomic E-state index is 12.4. The molecule has 0 saturated carbocycles. The van der Waals surface area contributed by atoms with Gasteiger partial charge < -0.3 is 29.6 Å². The number of benzene rings is 2. The highest BCUT2D eigenvalue weighted by molar-refractivity contribution is 5.75. The van der Waals surface area contributed by atoms with Crippen LogP contribution in [-0.2, 0) is 28.5 Å². The Kier molecular flexibility index (Phi) is 11.1. The first kappa shape index (κ1) is 32.1. The van der Waals surface area contributed by atoms with E-state index in [1.807, 2.05) is 48.5 Å². The summed E-state index contributed by atoms with van der Waals surface area (Å²) in [7, 11) is 2.58. The van der Waals surface area contributed by atoms with E-state index < -0.39 is 47.4 Å². The lowest BCUT2D eigenvalue weighted by Gasteiger charge is -2.24.